The van der Waals surface area contributed by atoms with Gasteiger partial charge in [-0.25, -0.2) is 0 Å². The molecule has 0 spiro atoms. The predicted molar refractivity (Wildman–Crippen MR) is 106 cm³/mol. The van der Waals surface area contributed by atoms with Crippen molar-refractivity contribution in [2.24, 2.45) is 5.92 Å². The number of nitrogens with one attached hydrogen (secondary N) is 1. The number of Topliss-reactive ketones (excluding diaryl/α,β-unsaturated/α-hetero) is 1. The Morgan fingerprint density at radius 2 is 2.07 bits per heavy atom. The normalized spacial score (nSPS) is 21.6. The number of aliphatic hydroxyl groups excluding tert-OH is 1. The van der Waals surface area contributed by atoms with Crippen LogP contribution in [0.2, 0.25) is 18.1 Å². The van der Waals surface area contributed by atoms with E-state index in [0.29, 0.717) is 12.2 Å². The van der Waals surface area contributed by atoms with Crippen molar-refractivity contribution >= 4 is 20.0 Å². The molecule has 0 aliphatic carbocycles. The number of hydrogen-bond donors (Lipinski definition) is 2. The van der Waals surface area contributed by atoms with Crippen LogP contribution >= 0.6 is 0 Å². The quantitative estimate of drug-likeness (QED) is 0.400. The molecule has 8 heteroatoms. The van der Waals surface area contributed by atoms with E-state index in [4.69, 9.17) is 9.53 Å². The van der Waals surface area contributed by atoms with Gasteiger partial charge in [0.2, 0.25) is 5.91 Å². The first-order valence-electron chi connectivity index (χ1n) is 9.54. The van der Waals surface area contributed by atoms with Crippen molar-refractivity contribution in [1.29, 1.82) is 0 Å². The van der Waals surface area contributed by atoms with Gasteiger partial charge in [0.05, 0.1) is 31.2 Å². The van der Waals surface area contributed by atoms with E-state index in [1.807, 2.05) is 13.8 Å². The monoisotopic (exact) mass is 395 g/mol. The van der Waals surface area contributed by atoms with Crippen molar-refractivity contribution in [3.63, 3.8) is 0 Å². The number of carbonyl (C=O) groups is 2. The van der Waals surface area contributed by atoms with Crippen LogP contribution in [-0.4, -0.2) is 53.6 Å². The molecule has 1 aliphatic heterocycles. The number of rotatable bonds is 8. The fraction of sp³-hybridized carbons (Fsp3) is 0.737. The number of hydrogen-bond acceptors (Lipinski definition) is 5. The summed E-state index contributed by atoms with van der Waals surface area (Å²) in [4.78, 5) is 24.8. The Hall–Kier alpha value is -1.51. The van der Waals surface area contributed by atoms with E-state index >= 15 is 0 Å². The van der Waals surface area contributed by atoms with Crippen LogP contribution in [0.5, 0.6) is 0 Å². The Labute approximate surface area is 162 Å². The van der Waals surface area contributed by atoms with Crippen molar-refractivity contribution in [2.45, 2.75) is 77.9 Å². The molecule has 27 heavy (non-hydrogen) atoms. The molecule has 2 rings (SSSR count). The molecule has 0 unspecified atom stereocenters. The van der Waals surface area contributed by atoms with Crippen LogP contribution in [-0.2, 0) is 15.8 Å². The zero-order chi connectivity index (χ0) is 20.6. The van der Waals surface area contributed by atoms with Crippen LogP contribution in [0.15, 0.2) is 6.07 Å². The summed E-state index contributed by atoms with van der Waals surface area (Å²) in [5.74, 6) is -0.478. The zero-order valence-corrected chi connectivity index (χ0v) is 18.5. The van der Waals surface area contributed by atoms with Gasteiger partial charge in [-0.1, -0.05) is 20.8 Å². The van der Waals surface area contributed by atoms with E-state index < -0.39 is 8.32 Å². The summed E-state index contributed by atoms with van der Waals surface area (Å²) < 4.78 is 7.99. The van der Waals surface area contributed by atoms with E-state index in [-0.39, 0.29) is 47.8 Å². The summed E-state index contributed by atoms with van der Waals surface area (Å²) in [7, 11) is -1.99. The average molecular weight is 396 g/mol. The smallest absolute Gasteiger partial charge is 0.228 e. The fourth-order valence-electron chi connectivity index (χ4n) is 3.16. The number of β-lactam (4-membered cyclic amide) rings is 1. The standard InChI is InChI=1S/C19H33N3O4Si/c1-12-10-14(21-22(12)8-9-23)16(24)11-15-17(18(25)20-15)13(2)26-27(6,7)19(3,4)5/h10,13,15,17,23H,8-9,11H2,1-7H3,(H,20,25)/t13-,15-,17-/m1/s1. The molecule has 0 radical (unpaired) electrons. The van der Waals surface area contributed by atoms with Gasteiger partial charge in [-0.2, -0.15) is 5.10 Å². The van der Waals surface area contributed by atoms with Crippen LogP contribution in [0.3, 0.4) is 0 Å². The largest absolute Gasteiger partial charge is 0.413 e. The van der Waals surface area contributed by atoms with E-state index in [9.17, 15) is 9.59 Å². The Morgan fingerprint density at radius 1 is 1.44 bits per heavy atom. The van der Waals surface area contributed by atoms with Gasteiger partial charge in [0.15, 0.2) is 14.1 Å². The number of aliphatic hydroxyl groups is 1. The highest BCUT2D eigenvalue weighted by Gasteiger charge is 2.48. The van der Waals surface area contributed by atoms with Crippen LogP contribution in [0.1, 0.15) is 50.3 Å². The molecule has 0 saturated carbocycles. The lowest BCUT2D eigenvalue weighted by Crippen LogP contribution is -2.64. The minimum atomic E-state index is -1.99. The van der Waals surface area contributed by atoms with Crippen LogP contribution in [0, 0.1) is 12.8 Å². The van der Waals surface area contributed by atoms with Gasteiger partial charge < -0.3 is 14.8 Å². The summed E-state index contributed by atoms with van der Waals surface area (Å²) >= 11 is 0. The molecular formula is C19H33N3O4Si. The molecule has 1 amide bonds. The summed E-state index contributed by atoms with van der Waals surface area (Å²) in [6.45, 7) is 14.9. The third kappa shape index (κ3) is 4.67. The van der Waals surface area contributed by atoms with Crippen molar-refractivity contribution < 1.29 is 19.1 Å². The first-order chi connectivity index (χ1) is 12.4. The maximum atomic E-state index is 12.6. The van der Waals surface area contributed by atoms with Crippen molar-refractivity contribution in [2.75, 3.05) is 6.61 Å². The topological polar surface area (TPSA) is 93.5 Å². The van der Waals surface area contributed by atoms with Crippen LogP contribution in [0.4, 0.5) is 0 Å². The van der Waals surface area contributed by atoms with Crippen molar-refractivity contribution in [1.82, 2.24) is 15.1 Å². The van der Waals surface area contributed by atoms with Gasteiger partial charge in [-0.05, 0) is 38.0 Å². The molecule has 0 aromatic carbocycles. The third-order valence-electron chi connectivity index (χ3n) is 5.84. The Balaban J connectivity index is 2.03. The highest BCUT2D eigenvalue weighted by Crippen LogP contribution is 2.39. The molecule has 152 valence electrons. The second-order valence-corrected chi connectivity index (χ2v) is 13.7. The Kier molecular flexibility index (Phi) is 6.33. The van der Waals surface area contributed by atoms with Crippen molar-refractivity contribution in [3.05, 3.63) is 17.5 Å². The maximum Gasteiger partial charge on any atom is 0.228 e. The molecule has 7 nitrogen and oxygen atoms in total. The molecule has 1 aliphatic rings. The Morgan fingerprint density at radius 3 is 2.59 bits per heavy atom. The molecule has 1 aromatic rings. The number of ketones is 1. The molecule has 1 saturated heterocycles. The second-order valence-electron chi connectivity index (χ2n) is 8.97. The predicted octanol–water partition coefficient (Wildman–Crippen LogP) is 2.28. The van der Waals surface area contributed by atoms with E-state index in [0.717, 1.165) is 5.69 Å². The SMILES string of the molecule is Cc1cc(C(=O)C[C@H]2NC(=O)[C@@H]2[C@@H](C)O[Si](C)(C)C(C)(C)C)nn1CCO. The van der Waals surface area contributed by atoms with Gasteiger partial charge in [-0.15, -0.1) is 0 Å². The molecular weight excluding hydrogens is 362 g/mol. The maximum absolute atomic E-state index is 12.6. The zero-order valence-electron chi connectivity index (χ0n) is 17.5. The highest BCUT2D eigenvalue weighted by molar-refractivity contribution is 6.74. The Bertz CT molecular complexity index is 708. The summed E-state index contributed by atoms with van der Waals surface area (Å²) in [6, 6.07) is 1.50. The van der Waals surface area contributed by atoms with Crippen LogP contribution < -0.4 is 5.32 Å². The number of aryl methyl sites for hydroxylation is 1. The highest BCUT2D eigenvalue weighted by atomic mass is 28.4. The van der Waals surface area contributed by atoms with E-state index in [2.05, 4.69) is 44.3 Å². The molecule has 2 N–H and O–H groups in total. The average Bonchev–Trinajstić information content (AvgIpc) is 2.86. The number of aromatic nitrogens is 2. The van der Waals surface area contributed by atoms with Crippen molar-refractivity contribution in [3.8, 4) is 0 Å². The lowest BCUT2D eigenvalue weighted by atomic mass is 9.83. The number of carbonyl (C=O) groups excluding carboxylic acids is 2. The number of amides is 1. The molecule has 3 atom stereocenters. The van der Waals surface area contributed by atoms with Gasteiger partial charge in [0, 0.05) is 12.1 Å². The fourth-order valence-corrected chi connectivity index (χ4v) is 4.59. The minimum Gasteiger partial charge on any atom is -0.413 e. The van der Waals surface area contributed by atoms with Crippen LogP contribution in [0.25, 0.3) is 0 Å². The lowest BCUT2D eigenvalue weighted by Gasteiger charge is -2.45. The molecule has 0 bridgehead atoms. The van der Waals surface area contributed by atoms with E-state index in [1.165, 1.54) is 0 Å². The first-order valence-corrected chi connectivity index (χ1v) is 12.4. The lowest BCUT2D eigenvalue weighted by molar-refractivity contribution is -0.139. The number of nitrogens with zero attached hydrogens (tertiary/aromatic N) is 2. The summed E-state index contributed by atoms with van der Waals surface area (Å²) in [5, 5.41) is 16.2. The molecule has 1 fully saturated rings. The van der Waals surface area contributed by atoms with Gasteiger partial charge in [-0.3, -0.25) is 14.3 Å². The van der Waals surface area contributed by atoms with Gasteiger partial charge in [0.25, 0.3) is 0 Å². The summed E-state index contributed by atoms with van der Waals surface area (Å²) in [5.41, 5.74) is 1.20. The van der Waals surface area contributed by atoms with E-state index in [1.54, 1.807) is 10.7 Å². The minimum absolute atomic E-state index is 0.0286. The first kappa shape index (κ1) is 21.8. The summed E-state index contributed by atoms with van der Waals surface area (Å²) in [6.07, 6.45) is -0.0249. The second kappa shape index (κ2) is 7.85. The van der Waals surface area contributed by atoms with Gasteiger partial charge >= 0.3 is 0 Å². The molecule has 2 heterocycles. The molecule has 1 aromatic heterocycles. The van der Waals surface area contributed by atoms with Gasteiger partial charge in [0.1, 0.15) is 5.69 Å². The third-order valence-corrected chi connectivity index (χ3v) is 10.4.